The van der Waals surface area contributed by atoms with Crippen LogP contribution in [0.5, 0.6) is 0 Å². The maximum atomic E-state index is 14.5. The van der Waals surface area contributed by atoms with Gasteiger partial charge in [0.15, 0.2) is 5.96 Å². The fourth-order valence-electron chi connectivity index (χ4n) is 3.03. The maximum Gasteiger partial charge on any atom is 0.191 e. The second kappa shape index (κ2) is 12.3. The Morgan fingerprint density at radius 2 is 2.10 bits per heavy atom. The van der Waals surface area contributed by atoms with Crippen LogP contribution in [0.2, 0.25) is 0 Å². The van der Waals surface area contributed by atoms with Crippen LogP contribution in [0.4, 0.5) is 10.1 Å². The molecule has 0 amide bonds. The van der Waals surface area contributed by atoms with E-state index in [2.05, 4.69) is 27.5 Å². The fourth-order valence-corrected chi connectivity index (χ4v) is 3.81. The molecule has 1 aromatic carbocycles. The lowest BCUT2D eigenvalue weighted by Gasteiger charge is -2.29. The van der Waals surface area contributed by atoms with Crippen LogP contribution in [-0.4, -0.2) is 50.3 Å². The standard InChI is InChI=1S/C20H28FN5OS.HI/c1-3-22-20(23-7-6-19-24-13-15(2)28-19)25-14-16-4-5-18(17(21)12-16)26-8-10-27-11-9-26;/h4-5,12-13H,3,6-11,14H2,1-2H3,(H2,22,23,25);1H. The molecule has 6 nitrogen and oxygen atoms in total. The van der Waals surface area contributed by atoms with Crippen molar-refractivity contribution in [2.24, 2.45) is 4.99 Å². The van der Waals surface area contributed by atoms with E-state index in [1.165, 1.54) is 4.88 Å². The Morgan fingerprint density at radius 1 is 1.31 bits per heavy atom. The van der Waals surface area contributed by atoms with Crippen molar-refractivity contribution < 1.29 is 9.13 Å². The van der Waals surface area contributed by atoms with Crippen LogP contribution in [0.1, 0.15) is 22.4 Å². The predicted molar refractivity (Wildman–Crippen MR) is 128 cm³/mol. The largest absolute Gasteiger partial charge is 0.378 e. The zero-order valence-electron chi connectivity index (χ0n) is 16.9. The van der Waals surface area contributed by atoms with Crippen LogP contribution in [0.15, 0.2) is 29.4 Å². The second-order valence-electron chi connectivity index (χ2n) is 6.62. The number of morpholine rings is 1. The number of aromatic nitrogens is 1. The van der Waals surface area contributed by atoms with Gasteiger partial charge in [0.25, 0.3) is 0 Å². The molecule has 0 saturated carbocycles. The van der Waals surface area contributed by atoms with Gasteiger partial charge in [-0.3, -0.25) is 0 Å². The van der Waals surface area contributed by atoms with Crippen LogP contribution < -0.4 is 15.5 Å². The molecule has 160 valence electrons. The van der Waals surface area contributed by atoms with E-state index >= 15 is 0 Å². The van der Waals surface area contributed by atoms with Gasteiger partial charge in [0.2, 0.25) is 0 Å². The van der Waals surface area contributed by atoms with Gasteiger partial charge in [-0.2, -0.15) is 0 Å². The maximum absolute atomic E-state index is 14.5. The highest BCUT2D eigenvalue weighted by Gasteiger charge is 2.15. The lowest BCUT2D eigenvalue weighted by Crippen LogP contribution is -2.38. The number of anilines is 1. The molecule has 1 saturated heterocycles. The zero-order valence-corrected chi connectivity index (χ0v) is 20.1. The van der Waals surface area contributed by atoms with E-state index in [1.54, 1.807) is 17.4 Å². The van der Waals surface area contributed by atoms with Gasteiger partial charge in [0, 0.05) is 43.7 Å². The Hall–Kier alpha value is -1.46. The molecule has 3 rings (SSSR count). The number of aliphatic imine (C=N–C) groups is 1. The molecule has 0 unspecified atom stereocenters. The van der Waals surface area contributed by atoms with E-state index < -0.39 is 0 Å². The van der Waals surface area contributed by atoms with Crippen molar-refractivity contribution in [1.82, 2.24) is 15.6 Å². The van der Waals surface area contributed by atoms with E-state index in [1.807, 2.05) is 30.2 Å². The number of hydrogen-bond donors (Lipinski definition) is 2. The quantitative estimate of drug-likeness (QED) is 0.325. The van der Waals surface area contributed by atoms with E-state index in [4.69, 9.17) is 4.74 Å². The number of hydrogen-bond acceptors (Lipinski definition) is 5. The first kappa shape index (κ1) is 23.8. The van der Waals surface area contributed by atoms with Gasteiger partial charge in [0.05, 0.1) is 30.5 Å². The predicted octanol–water partition coefficient (Wildman–Crippen LogP) is 3.34. The molecule has 0 bridgehead atoms. The Morgan fingerprint density at radius 3 is 2.76 bits per heavy atom. The molecule has 2 N–H and O–H groups in total. The van der Waals surface area contributed by atoms with Gasteiger partial charge in [-0.05, 0) is 31.5 Å². The highest BCUT2D eigenvalue weighted by Crippen LogP contribution is 2.22. The van der Waals surface area contributed by atoms with Crippen molar-refractivity contribution in [2.75, 3.05) is 44.3 Å². The molecule has 0 atom stereocenters. The number of halogens is 2. The SMILES string of the molecule is CCNC(=NCc1ccc(N2CCOCC2)c(F)c1)NCCc1ncc(C)s1.I. The number of rotatable bonds is 7. The summed E-state index contributed by atoms with van der Waals surface area (Å²) in [6.07, 6.45) is 2.75. The fraction of sp³-hybridized carbons (Fsp3) is 0.500. The van der Waals surface area contributed by atoms with Gasteiger partial charge >= 0.3 is 0 Å². The molecule has 0 radical (unpaired) electrons. The van der Waals surface area contributed by atoms with Crippen molar-refractivity contribution >= 4 is 47.0 Å². The second-order valence-corrected chi connectivity index (χ2v) is 7.94. The molecule has 9 heteroatoms. The van der Waals surface area contributed by atoms with Gasteiger partial charge in [-0.25, -0.2) is 14.4 Å². The first-order valence-corrected chi connectivity index (χ1v) is 10.5. The Bertz CT molecular complexity index is 795. The third-order valence-electron chi connectivity index (χ3n) is 4.43. The molecule has 1 aliphatic rings. The minimum absolute atomic E-state index is 0. The van der Waals surface area contributed by atoms with Crippen LogP contribution >= 0.6 is 35.3 Å². The summed E-state index contributed by atoms with van der Waals surface area (Å²) in [5.41, 5.74) is 1.49. The highest BCUT2D eigenvalue weighted by atomic mass is 127. The molecule has 29 heavy (non-hydrogen) atoms. The van der Waals surface area contributed by atoms with E-state index in [9.17, 15) is 4.39 Å². The topological polar surface area (TPSA) is 61.8 Å². The summed E-state index contributed by atoms with van der Waals surface area (Å²) in [7, 11) is 0. The van der Waals surface area contributed by atoms with Gasteiger partial charge < -0.3 is 20.3 Å². The smallest absolute Gasteiger partial charge is 0.191 e. The van der Waals surface area contributed by atoms with Crippen molar-refractivity contribution in [3.8, 4) is 0 Å². The number of ether oxygens (including phenoxy) is 1. The van der Waals surface area contributed by atoms with Crippen LogP contribution in [0.3, 0.4) is 0 Å². The summed E-state index contributed by atoms with van der Waals surface area (Å²) in [5.74, 6) is 0.528. The zero-order chi connectivity index (χ0) is 19.8. The normalized spacial score (nSPS) is 14.4. The van der Waals surface area contributed by atoms with Crippen molar-refractivity contribution in [1.29, 1.82) is 0 Å². The van der Waals surface area contributed by atoms with Crippen molar-refractivity contribution in [3.63, 3.8) is 0 Å². The molecule has 0 spiro atoms. The summed E-state index contributed by atoms with van der Waals surface area (Å²) in [6, 6.07) is 5.37. The number of guanidine groups is 1. The van der Waals surface area contributed by atoms with Crippen LogP contribution in [0, 0.1) is 12.7 Å². The Kier molecular flexibility index (Phi) is 10.1. The molecular formula is C20H29FIN5OS. The first-order chi connectivity index (χ1) is 13.7. The first-order valence-electron chi connectivity index (χ1n) is 9.70. The third-order valence-corrected chi connectivity index (χ3v) is 5.40. The van der Waals surface area contributed by atoms with Gasteiger partial charge in [0.1, 0.15) is 5.82 Å². The van der Waals surface area contributed by atoms with E-state index in [0.717, 1.165) is 49.1 Å². The van der Waals surface area contributed by atoms with E-state index in [-0.39, 0.29) is 29.8 Å². The van der Waals surface area contributed by atoms with Crippen molar-refractivity contribution in [3.05, 3.63) is 45.7 Å². The molecule has 2 heterocycles. The van der Waals surface area contributed by atoms with Crippen LogP contribution in [0.25, 0.3) is 0 Å². The summed E-state index contributed by atoms with van der Waals surface area (Å²) in [5, 5.41) is 7.66. The lowest BCUT2D eigenvalue weighted by molar-refractivity contribution is 0.122. The average Bonchev–Trinajstić information content (AvgIpc) is 3.12. The van der Waals surface area contributed by atoms with E-state index in [0.29, 0.717) is 25.4 Å². The minimum atomic E-state index is -0.202. The van der Waals surface area contributed by atoms with Gasteiger partial charge in [-0.15, -0.1) is 35.3 Å². The highest BCUT2D eigenvalue weighted by molar-refractivity contribution is 14.0. The summed E-state index contributed by atoms with van der Waals surface area (Å²) < 4.78 is 19.9. The van der Waals surface area contributed by atoms with Crippen molar-refractivity contribution in [2.45, 2.75) is 26.8 Å². The number of benzene rings is 1. The third kappa shape index (κ3) is 7.38. The molecule has 1 aliphatic heterocycles. The monoisotopic (exact) mass is 533 g/mol. The molecule has 1 aromatic heterocycles. The summed E-state index contributed by atoms with van der Waals surface area (Å²) >= 11 is 1.71. The molecule has 2 aromatic rings. The Balaban J connectivity index is 0.00000300. The molecule has 0 aliphatic carbocycles. The number of nitrogens with zero attached hydrogens (tertiary/aromatic N) is 3. The van der Waals surface area contributed by atoms with Crippen LogP contribution in [-0.2, 0) is 17.7 Å². The summed E-state index contributed by atoms with van der Waals surface area (Å²) in [4.78, 5) is 12.2. The summed E-state index contributed by atoms with van der Waals surface area (Å²) in [6.45, 7) is 8.76. The number of thiazole rings is 1. The lowest BCUT2D eigenvalue weighted by atomic mass is 10.1. The Labute approximate surface area is 193 Å². The minimum Gasteiger partial charge on any atom is -0.378 e. The average molecular weight is 533 g/mol. The number of nitrogens with one attached hydrogen (secondary N) is 2. The molecule has 1 fully saturated rings. The number of aryl methyl sites for hydroxylation is 1. The molecular weight excluding hydrogens is 504 g/mol. The van der Waals surface area contributed by atoms with Gasteiger partial charge in [-0.1, -0.05) is 6.07 Å².